The first kappa shape index (κ1) is 21.8. The third-order valence-corrected chi connectivity index (χ3v) is 6.04. The number of pyridine rings is 1. The third-order valence-electron chi connectivity index (χ3n) is 6.04. The van der Waals surface area contributed by atoms with E-state index in [9.17, 15) is 0 Å². The Labute approximate surface area is 198 Å². The Hall–Kier alpha value is -4.04. The number of hydrogen-bond donors (Lipinski definition) is 1. The summed E-state index contributed by atoms with van der Waals surface area (Å²) in [4.78, 5) is 11.5. The van der Waals surface area contributed by atoms with Crippen molar-refractivity contribution in [1.29, 1.82) is 0 Å². The number of aryl methyl sites for hydroxylation is 1. The maximum atomic E-state index is 4.66. The Balaban J connectivity index is 1.31. The maximum absolute atomic E-state index is 4.66. The molecule has 0 saturated carbocycles. The van der Waals surface area contributed by atoms with E-state index in [2.05, 4.69) is 73.8 Å². The summed E-state index contributed by atoms with van der Waals surface area (Å²) in [6.07, 6.45) is 12.5. The molecule has 0 aliphatic carbocycles. The van der Waals surface area contributed by atoms with Crippen LogP contribution in [-0.2, 0) is 13.5 Å². The van der Waals surface area contributed by atoms with Crippen LogP contribution in [0.3, 0.4) is 0 Å². The number of anilines is 1. The van der Waals surface area contributed by atoms with Crippen LogP contribution >= 0.6 is 0 Å². The standard InChI is InChI=1S/C26H28N8/c1-27-23(26-28-12-20(13-29-26)11-19-7-5-4-6-8-19)18-32(2)25-15-31-34-17-21(9-10-24(25)34)22-14-30-33(3)16-22/h4-10,12-17,23,27H,11,18H2,1-3H3. The number of aromatic nitrogens is 6. The van der Waals surface area contributed by atoms with Crippen LogP contribution in [0.5, 0.6) is 0 Å². The van der Waals surface area contributed by atoms with Crippen LogP contribution in [0.1, 0.15) is 23.0 Å². The first-order chi connectivity index (χ1) is 16.6. The van der Waals surface area contributed by atoms with E-state index in [1.807, 2.05) is 61.9 Å². The van der Waals surface area contributed by atoms with Gasteiger partial charge in [-0.25, -0.2) is 14.5 Å². The highest BCUT2D eigenvalue weighted by molar-refractivity contribution is 5.75. The monoisotopic (exact) mass is 452 g/mol. The quantitative estimate of drug-likeness (QED) is 0.388. The lowest BCUT2D eigenvalue weighted by atomic mass is 10.1. The Morgan fingerprint density at radius 2 is 1.68 bits per heavy atom. The van der Waals surface area contributed by atoms with Gasteiger partial charge in [-0.15, -0.1) is 0 Å². The average Bonchev–Trinajstić information content (AvgIpc) is 3.49. The van der Waals surface area contributed by atoms with E-state index in [0.717, 1.165) is 40.1 Å². The second-order valence-corrected chi connectivity index (χ2v) is 8.51. The van der Waals surface area contributed by atoms with E-state index >= 15 is 0 Å². The predicted octanol–water partition coefficient (Wildman–Crippen LogP) is 3.51. The second kappa shape index (κ2) is 9.44. The molecule has 5 rings (SSSR count). The molecule has 0 saturated heterocycles. The number of rotatable bonds is 8. The molecule has 0 spiro atoms. The zero-order chi connectivity index (χ0) is 23.5. The molecule has 1 unspecified atom stereocenters. The Kier molecular flexibility index (Phi) is 6.05. The average molecular weight is 453 g/mol. The van der Waals surface area contributed by atoms with Crippen molar-refractivity contribution >= 4 is 11.2 Å². The minimum absolute atomic E-state index is 0.0135. The number of benzene rings is 1. The summed E-state index contributed by atoms with van der Waals surface area (Å²) in [7, 11) is 5.93. The lowest BCUT2D eigenvalue weighted by Gasteiger charge is -2.24. The van der Waals surface area contributed by atoms with Crippen molar-refractivity contribution in [3.63, 3.8) is 0 Å². The Morgan fingerprint density at radius 1 is 0.882 bits per heavy atom. The van der Waals surface area contributed by atoms with Crippen molar-refractivity contribution in [1.82, 2.24) is 34.7 Å². The molecule has 34 heavy (non-hydrogen) atoms. The molecule has 8 nitrogen and oxygen atoms in total. The van der Waals surface area contributed by atoms with E-state index in [1.54, 1.807) is 4.68 Å². The number of nitrogens with one attached hydrogen (secondary N) is 1. The first-order valence-corrected chi connectivity index (χ1v) is 11.3. The zero-order valence-electron chi connectivity index (χ0n) is 19.6. The number of hydrogen-bond acceptors (Lipinski definition) is 6. The highest BCUT2D eigenvalue weighted by Crippen LogP contribution is 2.26. The van der Waals surface area contributed by atoms with Crippen LogP contribution in [0.4, 0.5) is 5.69 Å². The van der Waals surface area contributed by atoms with Gasteiger partial charge in [-0.2, -0.15) is 10.2 Å². The lowest BCUT2D eigenvalue weighted by molar-refractivity contribution is 0.556. The summed E-state index contributed by atoms with van der Waals surface area (Å²) < 4.78 is 3.72. The van der Waals surface area contributed by atoms with Crippen molar-refractivity contribution in [2.24, 2.45) is 7.05 Å². The summed E-state index contributed by atoms with van der Waals surface area (Å²) >= 11 is 0. The number of nitrogens with zero attached hydrogens (tertiary/aromatic N) is 7. The highest BCUT2D eigenvalue weighted by atomic mass is 15.3. The minimum Gasteiger partial charge on any atom is -0.370 e. The number of fused-ring (bicyclic) bond motifs is 1. The molecule has 0 radical (unpaired) electrons. The van der Waals surface area contributed by atoms with Crippen LogP contribution < -0.4 is 10.2 Å². The van der Waals surface area contributed by atoms with Gasteiger partial charge in [0, 0.05) is 63.0 Å². The second-order valence-electron chi connectivity index (χ2n) is 8.51. The molecule has 0 amide bonds. The van der Waals surface area contributed by atoms with Crippen LogP contribution in [0.15, 0.2) is 79.6 Å². The van der Waals surface area contributed by atoms with Crippen molar-refractivity contribution in [2.75, 3.05) is 25.5 Å². The van der Waals surface area contributed by atoms with Gasteiger partial charge in [-0.05, 0) is 24.2 Å². The summed E-state index contributed by atoms with van der Waals surface area (Å²) in [6.45, 7) is 0.709. The summed E-state index contributed by atoms with van der Waals surface area (Å²) in [6, 6.07) is 14.6. The summed E-state index contributed by atoms with van der Waals surface area (Å²) in [5.41, 5.74) is 6.60. The predicted molar refractivity (Wildman–Crippen MR) is 134 cm³/mol. The molecular weight excluding hydrogens is 424 g/mol. The van der Waals surface area contributed by atoms with E-state index in [4.69, 9.17) is 0 Å². The number of likely N-dealkylation sites (N-methyl/N-ethyl adjacent to an activating group) is 2. The minimum atomic E-state index is -0.0135. The van der Waals surface area contributed by atoms with E-state index in [0.29, 0.717) is 6.54 Å². The topological polar surface area (TPSA) is 76.2 Å². The maximum Gasteiger partial charge on any atom is 0.146 e. The first-order valence-electron chi connectivity index (χ1n) is 11.3. The van der Waals surface area contributed by atoms with Crippen molar-refractivity contribution in [3.05, 3.63) is 96.6 Å². The van der Waals surface area contributed by atoms with Gasteiger partial charge < -0.3 is 10.2 Å². The van der Waals surface area contributed by atoms with Crippen molar-refractivity contribution < 1.29 is 0 Å². The van der Waals surface area contributed by atoms with Crippen LogP contribution in [-0.4, -0.2) is 50.0 Å². The smallest absolute Gasteiger partial charge is 0.146 e. The van der Waals surface area contributed by atoms with Gasteiger partial charge in [0.25, 0.3) is 0 Å². The molecule has 1 atom stereocenters. The molecule has 0 fully saturated rings. The third kappa shape index (κ3) is 4.53. The molecular formula is C26H28N8. The highest BCUT2D eigenvalue weighted by Gasteiger charge is 2.18. The van der Waals surface area contributed by atoms with Crippen LogP contribution in [0.2, 0.25) is 0 Å². The van der Waals surface area contributed by atoms with Gasteiger partial charge >= 0.3 is 0 Å². The van der Waals surface area contributed by atoms with Crippen LogP contribution in [0.25, 0.3) is 16.6 Å². The van der Waals surface area contributed by atoms with Gasteiger partial charge in [0.2, 0.25) is 0 Å². The van der Waals surface area contributed by atoms with Gasteiger partial charge in [-0.1, -0.05) is 36.4 Å². The van der Waals surface area contributed by atoms with Crippen LogP contribution in [0, 0.1) is 0 Å². The Bertz CT molecular complexity index is 1370. The molecule has 1 aromatic carbocycles. The normalized spacial score (nSPS) is 12.2. The summed E-state index contributed by atoms with van der Waals surface area (Å²) in [5.74, 6) is 0.779. The molecule has 1 N–H and O–H groups in total. The van der Waals surface area contributed by atoms with Gasteiger partial charge in [0.15, 0.2) is 0 Å². The van der Waals surface area contributed by atoms with Crippen molar-refractivity contribution in [3.8, 4) is 11.1 Å². The molecule has 8 heteroatoms. The lowest BCUT2D eigenvalue weighted by Crippen LogP contribution is -2.32. The molecule has 0 aliphatic rings. The fraction of sp³-hybridized carbons (Fsp3) is 0.231. The van der Waals surface area contributed by atoms with E-state index < -0.39 is 0 Å². The largest absolute Gasteiger partial charge is 0.370 e. The van der Waals surface area contributed by atoms with Crippen molar-refractivity contribution in [2.45, 2.75) is 12.5 Å². The molecule has 4 aromatic heterocycles. The zero-order valence-corrected chi connectivity index (χ0v) is 19.6. The molecule has 0 aliphatic heterocycles. The molecule has 4 heterocycles. The molecule has 172 valence electrons. The Morgan fingerprint density at radius 3 is 2.38 bits per heavy atom. The molecule has 0 bridgehead atoms. The SMILES string of the molecule is CNC(CN(C)c1cnn2cc(-c3cnn(C)c3)ccc12)c1ncc(Cc2ccccc2)cn1. The summed E-state index contributed by atoms with van der Waals surface area (Å²) in [5, 5.41) is 12.2. The van der Waals surface area contributed by atoms with Gasteiger partial charge in [0.1, 0.15) is 5.82 Å². The van der Waals surface area contributed by atoms with E-state index in [-0.39, 0.29) is 6.04 Å². The van der Waals surface area contributed by atoms with Gasteiger partial charge in [-0.3, -0.25) is 4.68 Å². The fourth-order valence-corrected chi connectivity index (χ4v) is 4.15. The van der Waals surface area contributed by atoms with Gasteiger partial charge in [0.05, 0.1) is 29.6 Å². The molecule has 5 aromatic rings. The fourth-order valence-electron chi connectivity index (χ4n) is 4.15. The van der Waals surface area contributed by atoms with E-state index in [1.165, 1.54) is 5.56 Å².